The molecular formula is C48H33N3O. The first-order chi connectivity index (χ1) is 25.7. The first-order valence-corrected chi connectivity index (χ1v) is 17.5. The molecule has 0 radical (unpaired) electrons. The van der Waals surface area contributed by atoms with Crippen molar-refractivity contribution in [3.63, 3.8) is 0 Å². The van der Waals surface area contributed by atoms with Crippen molar-refractivity contribution >= 4 is 38.8 Å². The number of fused-ring (bicyclic) bond motifs is 4. The van der Waals surface area contributed by atoms with E-state index in [1.807, 2.05) is 79.7 Å². The van der Waals surface area contributed by atoms with Crippen LogP contribution in [0.1, 0.15) is 12.5 Å². The standard InChI is InChI=1S/C48H33N3O/c1-2-3-6-20-38-30-39(25-27-41(38)48-50-46(33-15-7-4-8-16-33)49-47(51-48)34-17-9-5-10-18-34)40-21-13-22-44-45(40)42-31-37(26-28-43(42)52-44)36-24-23-32-14-11-12-19-35(32)29-36/h2-31H,1H3/b3-2-,20-6-. The molecule has 0 bridgehead atoms. The Morgan fingerprint density at radius 3 is 1.85 bits per heavy atom. The Morgan fingerprint density at radius 2 is 1.10 bits per heavy atom. The molecule has 7 aromatic carbocycles. The van der Waals surface area contributed by atoms with Crippen LogP contribution in [0.15, 0.2) is 180 Å². The SMILES string of the molecule is C/C=C\C=C/c1cc(-c2cccc3oc4ccc(-c5ccc6ccccc6c5)cc4c23)ccc1-c1nc(-c2ccccc2)nc(-c2ccccc2)n1. The van der Waals surface area contributed by atoms with Gasteiger partial charge in [0, 0.05) is 27.5 Å². The van der Waals surface area contributed by atoms with Gasteiger partial charge in [-0.1, -0.05) is 146 Å². The summed E-state index contributed by atoms with van der Waals surface area (Å²) in [5.41, 5.74) is 10.0. The molecule has 52 heavy (non-hydrogen) atoms. The molecule has 0 spiro atoms. The fraction of sp³-hybridized carbons (Fsp3) is 0.0208. The Bertz CT molecular complexity index is 2740. The van der Waals surface area contributed by atoms with Crippen molar-refractivity contribution in [2.24, 2.45) is 0 Å². The van der Waals surface area contributed by atoms with Crippen LogP contribution in [0.4, 0.5) is 0 Å². The average molecular weight is 668 g/mol. The van der Waals surface area contributed by atoms with Crippen molar-refractivity contribution in [3.8, 4) is 56.4 Å². The van der Waals surface area contributed by atoms with Gasteiger partial charge in [-0.15, -0.1) is 0 Å². The van der Waals surface area contributed by atoms with Crippen LogP contribution in [0.25, 0.3) is 95.2 Å². The van der Waals surface area contributed by atoms with Gasteiger partial charge in [0.25, 0.3) is 0 Å². The third-order valence-corrected chi connectivity index (χ3v) is 9.46. The summed E-state index contributed by atoms with van der Waals surface area (Å²) in [6.45, 7) is 2.02. The van der Waals surface area contributed by atoms with Gasteiger partial charge in [-0.2, -0.15) is 0 Å². The zero-order valence-electron chi connectivity index (χ0n) is 28.6. The van der Waals surface area contributed by atoms with Gasteiger partial charge in [-0.3, -0.25) is 0 Å². The van der Waals surface area contributed by atoms with E-state index in [1.54, 1.807) is 0 Å². The van der Waals surface area contributed by atoms with Gasteiger partial charge in [-0.05, 0) is 81.9 Å². The Labute approximate surface area is 302 Å². The summed E-state index contributed by atoms with van der Waals surface area (Å²) in [4.78, 5) is 15.0. The molecule has 0 saturated heterocycles. The number of aromatic nitrogens is 3. The van der Waals surface area contributed by atoms with Crippen LogP contribution in [0.2, 0.25) is 0 Å². The summed E-state index contributed by atoms with van der Waals surface area (Å²) in [6, 6.07) is 54.6. The number of furan rings is 1. The first kappa shape index (κ1) is 31.1. The van der Waals surface area contributed by atoms with Crippen LogP contribution in [-0.2, 0) is 0 Å². The molecule has 246 valence electrons. The third-order valence-electron chi connectivity index (χ3n) is 9.46. The zero-order chi connectivity index (χ0) is 34.9. The monoisotopic (exact) mass is 667 g/mol. The van der Waals surface area contributed by atoms with Crippen molar-refractivity contribution < 1.29 is 4.42 Å². The first-order valence-electron chi connectivity index (χ1n) is 17.5. The number of hydrogen-bond acceptors (Lipinski definition) is 4. The van der Waals surface area contributed by atoms with E-state index in [-0.39, 0.29) is 0 Å². The quantitative estimate of drug-likeness (QED) is 0.159. The minimum absolute atomic E-state index is 0.617. The molecule has 0 amide bonds. The summed E-state index contributed by atoms with van der Waals surface area (Å²) >= 11 is 0. The van der Waals surface area contributed by atoms with Gasteiger partial charge in [0.05, 0.1) is 0 Å². The third kappa shape index (κ3) is 5.86. The van der Waals surface area contributed by atoms with Gasteiger partial charge < -0.3 is 4.42 Å². The van der Waals surface area contributed by atoms with E-state index in [9.17, 15) is 0 Å². The highest BCUT2D eigenvalue weighted by molar-refractivity contribution is 6.13. The molecule has 0 unspecified atom stereocenters. The largest absolute Gasteiger partial charge is 0.456 e. The maximum atomic E-state index is 6.44. The molecule has 9 aromatic rings. The number of nitrogens with zero attached hydrogens (tertiary/aromatic N) is 3. The lowest BCUT2D eigenvalue weighted by molar-refractivity contribution is 0.669. The van der Waals surface area contributed by atoms with E-state index < -0.39 is 0 Å². The smallest absolute Gasteiger partial charge is 0.164 e. The molecule has 0 aliphatic heterocycles. The lowest BCUT2D eigenvalue weighted by Crippen LogP contribution is -2.01. The highest BCUT2D eigenvalue weighted by Crippen LogP contribution is 2.40. The summed E-state index contributed by atoms with van der Waals surface area (Å²) < 4.78 is 6.44. The Morgan fingerprint density at radius 1 is 0.442 bits per heavy atom. The molecule has 2 aromatic heterocycles. The predicted molar refractivity (Wildman–Crippen MR) is 216 cm³/mol. The summed E-state index contributed by atoms with van der Waals surface area (Å²) in [5.74, 6) is 1.88. The van der Waals surface area contributed by atoms with Crippen molar-refractivity contribution in [3.05, 3.63) is 182 Å². The van der Waals surface area contributed by atoms with Gasteiger partial charge in [-0.25, -0.2) is 15.0 Å². The Balaban J connectivity index is 1.21. The Kier molecular flexibility index (Phi) is 8.03. The second-order valence-electron chi connectivity index (χ2n) is 12.8. The minimum atomic E-state index is 0.617. The van der Waals surface area contributed by atoms with Crippen LogP contribution >= 0.6 is 0 Å². The molecule has 0 aliphatic carbocycles. The number of allylic oxidation sites excluding steroid dienone is 3. The van der Waals surface area contributed by atoms with Crippen molar-refractivity contribution in [1.29, 1.82) is 0 Å². The van der Waals surface area contributed by atoms with E-state index in [1.165, 1.54) is 16.3 Å². The predicted octanol–water partition coefficient (Wildman–Crippen LogP) is 12.8. The van der Waals surface area contributed by atoms with E-state index in [2.05, 4.69) is 109 Å². The zero-order valence-corrected chi connectivity index (χ0v) is 28.6. The number of rotatable bonds is 7. The van der Waals surface area contributed by atoms with E-state index in [4.69, 9.17) is 19.4 Å². The summed E-state index contributed by atoms with van der Waals surface area (Å²) in [7, 11) is 0. The molecule has 9 rings (SSSR count). The highest BCUT2D eigenvalue weighted by atomic mass is 16.3. The van der Waals surface area contributed by atoms with Crippen molar-refractivity contribution in [1.82, 2.24) is 15.0 Å². The minimum Gasteiger partial charge on any atom is -0.456 e. The van der Waals surface area contributed by atoms with E-state index >= 15 is 0 Å². The maximum Gasteiger partial charge on any atom is 0.164 e. The highest BCUT2D eigenvalue weighted by Gasteiger charge is 2.18. The molecule has 0 fully saturated rings. The van der Waals surface area contributed by atoms with Gasteiger partial charge in [0.15, 0.2) is 17.5 Å². The molecular weight excluding hydrogens is 635 g/mol. The second kappa shape index (κ2) is 13.4. The Hall–Kier alpha value is -6.91. The van der Waals surface area contributed by atoms with Crippen LogP contribution in [-0.4, -0.2) is 15.0 Å². The topological polar surface area (TPSA) is 51.8 Å². The summed E-state index contributed by atoms with van der Waals surface area (Å²) in [5, 5.41) is 4.63. The molecule has 0 atom stereocenters. The van der Waals surface area contributed by atoms with Crippen molar-refractivity contribution in [2.75, 3.05) is 0 Å². The number of benzene rings is 7. The normalized spacial score (nSPS) is 11.8. The fourth-order valence-electron chi connectivity index (χ4n) is 6.89. The molecule has 4 heteroatoms. The van der Waals surface area contributed by atoms with Gasteiger partial charge in [0.2, 0.25) is 0 Å². The van der Waals surface area contributed by atoms with Crippen LogP contribution in [0, 0.1) is 0 Å². The van der Waals surface area contributed by atoms with Gasteiger partial charge >= 0.3 is 0 Å². The van der Waals surface area contributed by atoms with Crippen LogP contribution in [0.5, 0.6) is 0 Å². The second-order valence-corrected chi connectivity index (χ2v) is 12.8. The average Bonchev–Trinajstić information content (AvgIpc) is 3.59. The van der Waals surface area contributed by atoms with Crippen molar-refractivity contribution in [2.45, 2.75) is 6.92 Å². The van der Waals surface area contributed by atoms with Crippen LogP contribution in [0.3, 0.4) is 0 Å². The fourth-order valence-corrected chi connectivity index (χ4v) is 6.89. The van der Waals surface area contributed by atoms with E-state index in [0.29, 0.717) is 17.5 Å². The van der Waals surface area contributed by atoms with Crippen LogP contribution < -0.4 is 0 Å². The van der Waals surface area contributed by atoms with E-state index in [0.717, 1.165) is 60.9 Å². The molecule has 0 aliphatic rings. The molecule has 0 saturated carbocycles. The summed E-state index contributed by atoms with van der Waals surface area (Å²) in [6.07, 6.45) is 8.24. The lowest BCUT2D eigenvalue weighted by Gasteiger charge is -2.12. The van der Waals surface area contributed by atoms with Gasteiger partial charge in [0.1, 0.15) is 11.2 Å². The molecule has 2 heterocycles. The number of hydrogen-bond donors (Lipinski definition) is 0. The molecule has 4 nitrogen and oxygen atoms in total. The lowest BCUT2D eigenvalue weighted by atomic mass is 9.94. The maximum absolute atomic E-state index is 6.44. The molecule has 0 N–H and O–H groups in total.